The minimum Gasteiger partial charge on any atom is -0.302 e. The highest BCUT2D eigenvalue weighted by molar-refractivity contribution is 7.91. The summed E-state index contributed by atoms with van der Waals surface area (Å²) in [6.45, 7) is 0.774. The Morgan fingerprint density at radius 2 is 2.04 bits per heavy atom. The molecule has 23 heavy (non-hydrogen) atoms. The molecule has 124 valence electrons. The van der Waals surface area contributed by atoms with Gasteiger partial charge in [-0.3, -0.25) is 9.69 Å². The molecule has 1 aromatic carbocycles. The molecular weight excluding hydrogens is 332 g/mol. The van der Waals surface area contributed by atoms with E-state index in [1.54, 1.807) is 11.6 Å². The Hall–Kier alpha value is -1.18. The van der Waals surface area contributed by atoms with Gasteiger partial charge in [-0.05, 0) is 37.0 Å². The predicted octanol–water partition coefficient (Wildman–Crippen LogP) is 1.75. The van der Waals surface area contributed by atoms with Crippen LogP contribution in [0.4, 0.5) is 0 Å². The summed E-state index contributed by atoms with van der Waals surface area (Å²) in [5, 5.41) is 0. The molecular formula is C16H20N2O3S2. The van der Waals surface area contributed by atoms with Gasteiger partial charge in [0.15, 0.2) is 9.84 Å². The lowest BCUT2D eigenvalue weighted by molar-refractivity contribution is 0.193. The first-order chi connectivity index (χ1) is 10.9. The van der Waals surface area contributed by atoms with Crippen LogP contribution in [0.2, 0.25) is 0 Å². The van der Waals surface area contributed by atoms with Crippen LogP contribution in [0, 0.1) is 0 Å². The third-order valence-electron chi connectivity index (χ3n) is 4.92. The summed E-state index contributed by atoms with van der Waals surface area (Å²) in [7, 11) is -1.07. The quantitative estimate of drug-likeness (QED) is 0.841. The second kappa shape index (κ2) is 5.43. The SMILES string of the molecule is Cn1c(=O)sc2cc(CN(C3CC3)C3CCS(=O)(=O)C3)ccc21. The largest absolute Gasteiger partial charge is 0.307 e. The highest BCUT2D eigenvalue weighted by atomic mass is 32.2. The summed E-state index contributed by atoms with van der Waals surface area (Å²) in [4.78, 5) is 14.2. The second-order valence-corrected chi connectivity index (χ2v) is 9.91. The number of hydrogen-bond donors (Lipinski definition) is 0. The number of aromatic nitrogens is 1. The number of fused-ring (bicyclic) bond motifs is 1. The first-order valence-electron chi connectivity index (χ1n) is 7.97. The highest BCUT2D eigenvalue weighted by Gasteiger charge is 2.39. The monoisotopic (exact) mass is 352 g/mol. The van der Waals surface area contributed by atoms with Crippen molar-refractivity contribution in [3.05, 3.63) is 33.4 Å². The van der Waals surface area contributed by atoms with Crippen molar-refractivity contribution in [1.82, 2.24) is 9.47 Å². The van der Waals surface area contributed by atoms with Gasteiger partial charge in [-0.15, -0.1) is 0 Å². The smallest absolute Gasteiger partial charge is 0.302 e. The normalized spacial score (nSPS) is 23.8. The van der Waals surface area contributed by atoms with Crippen molar-refractivity contribution >= 4 is 31.4 Å². The summed E-state index contributed by atoms with van der Waals surface area (Å²) >= 11 is 1.27. The Bertz CT molecular complexity index is 909. The lowest BCUT2D eigenvalue weighted by Crippen LogP contribution is -2.37. The van der Waals surface area contributed by atoms with Gasteiger partial charge in [0.05, 0.1) is 21.7 Å². The molecule has 0 radical (unpaired) electrons. The van der Waals surface area contributed by atoms with Crippen LogP contribution in [-0.4, -0.2) is 41.5 Å². The van der Waals surface area contributed by atoms with Crippen LogP contribution in [0.15, 0.2) is 23.0 Å². The van der Waals surface area contributed by atoms with Gasteiger partial charge >= 0.3 is 4.87 Å². The fourth-order valence-corrected chi connectivity index (χ4v) is 6.17. The van der Waals surface area contributed by atoms with Crippen molar-refractivity contribution in [2.75, 3.05) is 11.5 Å². The zero-order valence-corrected chi connectivity index (χ0v) is 14.7. The summed E-state index contributed by atoms with van der Waals surface area (Å²) in [5.74, 6) is 0.616. The lowest BCUT2D eigenvalue weighted by Gasteiger charge is -2.28. The minimum atomic E-state index is -2.86. The van der Waals surface area contributed by atoms with Crippen molar-refractivity contribution in [3.63, 3.8) is 0 Å². The molecule has 0 N–H and O–H groups in total. The third-order valence-corrected chi connectivity index (χ3v) is 7.66. The maximum absolute atomic E-state index is 11.8. The van der Waals surface area contributed by atoms with Crippen molar-refractivity contribution in [2.24, 2.45) is 7.05 Å². The van der Waals surface area contributed by atoms with E-state index < -0.39 is 9.84 Å². The molecule has 1 saturated heterocycles. The van der Waals surface area contributed by atoms with Crippen molar-refractivity contribution in [1.29, 1.82) is 0 Å². The average Bonchev–Trinajstić information content (AvgIpc) is 3.22. The number of benzene rings is 1. The maximum Gasteiger partial charge on any atom is 0.307 e. The van der Waals surface area contributed by atoms with Crippen molar-refractivity contribution in [2.45, 2.75) is 37.9 Å². The summed E-state index contributed by atoms with van der Waals surface area (Å²) in [6, 6.07) is 6.82. The Kier molecular flexibility index (Phi) is 3.62. The molecule has 1 aliphatic carbocycles. The van der Waals surface area contributed by atoms with Crippen LogP contribution in [0.1, 0.15) is 24.8 Å². The average molecular weight is 352 g/mol. The summed E-state index contributed by atoms with van der Waals surface area (Å²) in [5.41, 5.74) is 2.13. The van der Waals surface area contributed by atoms with Crippen LogP contribution in [0.5, 0.6) is 0 Å². The molecule has 2 heterocycles. The zero-order chi connectivity index (χ0) is 16.2. The van der Waals surface area contributed by atoms with Gasteiger partial charge in [0.1, 0.15) is 0 Å². The van der Waals surface area contributed by atoms with E-state index in [2.05, 4.69) is 17.0 Å². The van der Waals surface area contributed by atoms with Gasteiger partial charge in [-0.2, -0.15) is 0 Å². The van der Waals surface area contributed by atoms with Crippen LogP contribution < -0.4 is 4.87 Å². The van der Waals surface area contributed by atoms with E-state index in [1.807, 2.05) is 6.07 Å². The van der Waals surface area contributed by atoms with E-state index in [-0.39, 0.29) is 10.9 Å². The number of hydrogen-bond acceptors (Lipinski definition) is 5. The first kappa shape index (κ1) is 15.4. The fourth-order valence-electron chi connectivity index (χ4n) is 3.49. The van der Waals surface area contributed by atoms with Crippen LogP contribution in [0.3, 0.4) is 0 Å². The molecule has 1 aliphatic heterocycles. The molecule has 2 aromatic rings. The van der Waals surface area contributed by atoms with Gasteiger partial charge in [-0.25, -0.2) is 8.42 Å². The fraction of sp³-hybridized carbons (Fsp3) is 0.562. The molecule has 4 rings (SSSR count). The predicted molar refractivity (Wildman–Crippen MR) is 92.7 cm³/mol. The van der Waals surface area contributed by atoms with E-state index in [0.717, 1.165) is 41.6 Å². The Morgan fingerprint density at radius 3 is 2.70 bits per heavy atom. The molecule has 0 bridgehead atoms. The molecule has 7 heteroatoms. The van der Waals surface area contributed by atoms with E-state index in [1.165, 1.54) is 11.3 Å². The molecule has 0 amide bonds. The first-order valence-corrected chi connectivity index (χ1v) is 10.6. The molecule has 1 aromatic heterocycles. The molecule has 1 unspecified atom stereocenters. The summed E-state index contributed by atoms with van der Waals surface area (Å²) < 4.78 is 26.3. The second-order valence-electron chi connectivity index (χ2n) is 6.69. The Labute approximate surface area is 139 Å². The van der Waals surface area contributed by atoms with Crippen LogP contribution >= 0.6 is 11.3 Å². The molecule has 2 aliphatic rings. The van der Waals surface area contributed by atoms with Gasteiger partial charge in [0.2, 0.25) is 0 Å². The molecule has 2 fully saturated rings. The van der Waals surface area contributed by atoms with Crippen molar-refractivity contribution in [3.8, 4) is 0 Å². The van der Waals surface area contributed by atoms with E-state index in [9.17, 15) is 13.2 Å². The lowest BCUT2D eigenvalue weighted by atomic mass is 10.1. The van der Waals surface area contributed by atoms with Gasteiger partial charge in [-0.1, -0.05) is 17.4 Å². The van der Waals surface area contributed by atoms with Crippen molar-refractivity contribution < 1.29 is 8.42 Å². The number of aryl methyl sites for hydroxylation is 1. The standard InChI is InChI=1S/C16H20N2O3S2/c1-17-14-5-2-11(8-15(14)22-16(17)19)9-18(12-3-4-12)13-6-7-23(20,21)10-13/h2,5,8,12-13H,3-4,6-7,9-10H2,1H3. The van der Waals surface area contributed by atoms with E-state index in [0.29, 0.717) is 17.5 Å². The van der Waals surface area contributed by atoms with Gasteiger partial charge < -0.3 is 4.57 Å². The van der Waals surface area contributed by atoms with Crippen LogP contribution in [-0.2, 0) is 23.4 Å². The maximum atomic E-state index is 11.8. The van der Waals surface area contributed by atoms with Gasteiger partial charge in [0, 0.05) is 25.7 Å². The van der Waals surface area contributed by atoms with Gasteiger partial charge in [0.25, 0.3) is 0 Å². The highest BCUT2D eigenvalue weighted by Crippen LogP contribution is 2.34. The molecule has 0 spiro atoms. The van der Waals surface area contributed by atoms with E-state index in [4.69, 9.17) is 0 Å². The summed E-state index contributed by atoms with van der Waals surface area (Å²) in [6.07, 6.45) is 3.08. The number of rotatable bonds is 4. The van der Waals surface area contributed by atoms with Crippen LogP contribution in [0.25, 0.3) is 10.2 Å². The number of thiazole rings is 1. The number of nitrogens with zero attached hydrogens (tertiary/aromatic N) is 2. The Morgan fingerprint density at radius 1 is 1.26 bits per heavy atom. The Balaban J connectivity index is 1.61. The topological polar surface area (TPSA) is 59.4 Å². The van der Waals surface area contributed by atoms with E-state index >= 15 is 0 Å². The minimum absolute atomic E-state index is 0.0538. The number of sulfone groups is 1. The molecule has 1 atom stereocenters. The zero-order valence-electron chi connectivity index (χ0n) is 13.1. The third kappa shape index (κ3) is 2.97. The molecule has 1 saturated carbocycles. The molecule has 5 nitrogen and oxygen atoms in total.